The summed E-state index contributed by atoms with van der Waals surface area (Å²) in [6, 6.07) is 8.39. The third kappa shape index (κ3) is 3.65. The molecule has 106 valence electrons. The maximum Gasteiger partial charge on any atom is 0.228 e. The molecule has 2 heterocycles. The Bertz CT molecular complexity index is 567. The van der Waals surface area contributed by atoms with Crippen molar-refractivity contribution in [3.05, 3.63) is 46.0 Å². The van der Waals surface area contributed by atoms with Crippen LogP contribution in [0.25, 0.3) is 0 Å². The molecule has 1 fully saturated rings. The lowest BCUT2D eigenvalue weighted by molar-refractivity contribution is 0.0744. The molecule has 3 rings (SSSR count). The zero-order valence-electron chi connectivity index (χ0n) is 11.0. The van der Waals surface area contributed by atoms with Crippen molar-refractivity contribution in [3.63, 3.8) is 0 Å². The van der Waals surface area contributed by atoms with E-state index in [1.54, 1.807) is 0 Å². The topological polar surface area (TPSA) is 60.2 Å². The van der Waals surface area contributed by atoms with Gasteiger partial charge in [-0.05, 0) is 17.7 Å². The molecular formula is C14H16BrN3O2. The van der Waals surface area contributed by atoms with Gasteiger partial charge in [0.15, 0.2) is 5.82 Å². The minimum absolute atomic E-state index is 0.267. The van der Waals surface area contributed by atoms with E-state index in [1.165, 1.54) is 0 Å². The van der Waals surface area contributed by atoms with Crippen LogP contribution >= 0.6 is 15.9 Å². The highest BCUT2D eigenvalue weighted by molar-refractivity contribution is 9.10. The number of ether oxygens (including phenoxy) is 1. The number of nitrogens with zero attached hydrogens (tertiary/aromatic N) is 2. The van der Waals surface area contributed by atoms with Gasteiger partial charge in [0.25, 0.3) is 0 Å². The van der Waals surface area contributed by atoms with Crippen LogP contribution in [0.4, 0.5) is 0 Å². The normalized spacial score (nSPS) is 19.1. The maximum absolute atomic E-state index is 5.41. The average molecular weight is 338 g/mol. The van der Waals surface area contributed by atoms with Gasteiger partial charge in [-0.2, -0.15) is 4.98 Å². The number of benzene rings is 1. The van der Waals surface area contributed by atoms with E-state index in [9.17, 15) is 0 Å². The van der Waals surface area contributed by atoms with Crippen molar-refractivity contribution in [2.45, 2.75) is 18.9 Å². The van der Waals surface area contributed by atoms with E-state index in [0.29, 0.717) is 25.3 Å². The Morgan fingerprint density at radius 3 is 3.15 bits per heavy atom. The third-order valence-electron chi connectivity index (χ3n) is 3.18. The van der Waals surface area contributed by atoms with Crippen molar-refractivity contribution in [3.8, 4) is 0 Å². The smallest absolute Gasteiger partial charge is 0.228 e. The summed E-state index contributed by atoms with van der Waals surface area (Å²) in [7, 11) is 0. The highest BCUT2D eigenvalue weighted by atomic mass is 79.9. The quantitative estimate of drug-likeness (QED) is 0.923. The van der Waals surface area contributed by atoms with Crippen molar-refractivity contribution < 1.29 is 9.26 Å². The summed E-state index contributed by atoms with van der Waals surface area (Å²) < 4.78 is 11.8. The lowest BCUT2D eigenvalue weighted by atomic mass is 10.1. The second-order valence-electron chi connectivity index (χ2n) is 4.84. The molecule has 0 saturated carbocycles. The second-order valence-corrected chi connectivity index (χ2v) is 5.76. The van der Waals surface area contributed by atoms with Crippen LogP contribution in [0.2, 0.25) is 0 Å². The zero-order valence-corrected chi connectivity index (χ0v) is 12.6. The summed E-state index contributed by atoms with van der Waals surface area (Å²) >= 11 is 3.46. The van der Waals surface area contributed by atoms with E-state index >= 15 is 0 Å². The second kappa shape index (κ2) is 6.47. The van der Waals surface area contributed by atoms with Crippen molar-refractivity contribution >= 4 is 15.9 Å². The molecule has 5 nitrogen and oxygen atoms in total. The maximum atomic E-state index is 5.41. The first-order chi connectivity index (χ1) is 9.79. The van der Waals surface area contributed by atoms with Crippen molar-refractivity contribution in [1.82, 2.24) is 15.5 Å². The van der Waals surface area contributed by atoms with E-state index in [1.807, 2.05) is 12.1 Å². The summed E-state index contributed by atoms with van der Waals surface area (Å²) in [5.74, 6) is 1.38. The van der Waals surface area contributed by atoms with Gasteiger partial charge in [-0.15, -0.1) is 0 Å². The molecule has 1 atom stereocenters. The van der Waals surface area contributed by atoms with Gasteiger partial charge in [-0.25, -0.2) is 0 Å². The largest absolute Gasteiger partial charge is 0.378 e. The predicted molar refractivity (Wildman–Crippen MR) is 77.6 cm³/mol. The number of aromatic nitrogens is 2. The van der Waals surface area contributed by atoms with E-state index < -0.39 is 0 Å². The first kappa shape index (κ1) is 13.7. The van der Waals surface area contributed by atoms with Gasteiger partial charge in [0.2, 0.25) is 5.89 Å². The van der Waals surface area contributed by atoms with Gasteiger partial charge in [-0.3, -0.25) is 0 Å². The van der Waals surface area contributed by atoms with Crippen LogP contribution < -0.4 is 5.32 Å². The minimum Gasteiger partial charge on any atom is -0.378 e. The fourth-order valence-electron chi connectivity index (χ4n) is 2.24. The van der Waals surface area contributed by atoms with Gasteiger partial charge >= 0.3 is 0 Å². The van der Waals surface area contributed by atoms with E-state index in [0.717, 1.165) is 29.0 Å². The van der Waals surface area contributed by atoms with Gasteiger partial charge in [0.1, 0.15) is 0 Å². The predicted octanol–water partition coefficient (Wildman–Crippen LogP) is 1.95. The van der Waals surface area contributed by atoms with Crippen LogP contribution in [0, 0.1) is 0 Å². The molecular weight excluding hydrogens is 322 g/mol. The Morgan fingerprint density at radius 1 is 1.40 bits per heavy atom. The first-order valence-corrected chi connectivity index (χ1v) is 7.46. The molecule has 1 aromatic carbocycles. The number of nitrogens with one attached hydrogen (secondary N) is 1. The number of hydrogen-bond donors (Lipinski definition) is 1. The third-order valence-corrected chi connectivity index (χ3v) is 3.67. The fraction of sp³-hybridized carbons (Fsp3) is 0.429. The number of halogens is 1. The lowest BCUT2D eigenvalue weighted by Crippen LogP contribution is -2.42. The van der Waals surface area contributed by atoms with E-state index in [-0.39, 0.29) is 6.04 Å². The number of rotatable bonds is 4. The van der Waals surface area contributed by atoms with Crippen LogP contribution in [0.5, 0.6) is 0 Å². The molecule has 20 heavy (non-hydrogen) atoms. The van der Waals surface area contributed by atoms with Gasteiger partial charge in [-0.1, -0.05) is 33.2 Å². The molecule has 1 aliphatic heterocycles. The molecule has 1 N–H and O–H groups in total. The lowest BCUT2D eigenvalue weighted by Gasteiger charge is -2.22. The molecule has 1 saturated heterocycles. The molecule has 0 amide bonds. The van der Waals surface area contributed by atoms with Crippen molar-refractivity contribution in [1.29, 1.82) is 0 Å². The highest BCUT2D eigenvalue weighted by Crippen LogP contribution is 2.14. The summed E-state index contributed by atoms with van der Waals surface area (Å²) in [4.78, 5) is 4.44. The number of morpholine rings is 1. The zero-order chi connectivity index (χ0) is 13.8. The van der Waals surface area contributed by atoms with Crippen LogP contribution in [0.15, 0.2) is 33.3 Å². The Labute approximate surface area is 125 Å². The Hall–Kier alpha value is -1.24. The standard InChI is InChI=1S/C14H16BrN3O2/c15-11-3-1-2-10(6-11)7-13-17-14(20-18-13)8-12-9-19-5-4-16-12/h1-3,6,12,16H,4-5,7-9H2. The Balaban J connectivity index is 1.61. The van der Waals surface area contributed by atoms with Crippen molar-refractivity contribution in [2.75, 3.05) is 19.8 Å². The molecule has 2 aromatic rings. The van der Waals surface area contributed by atoms with Crippen LogP contribution in [-0.4, -0.2) is 35.9 Å². The Morgan fingerprint density at radius 2 is 2.35 bits per heavy atom. The molecule has 1 aliphatic rings. The fourth-order valence-corrected chi connectivity index (χ4v) is 2.68. The molecule has 0 radical (unpaired) electrons. The monoisotopic (exact) mass is 337 g/mol. The molecule has 6 heteroatoms. The summed E-state index contributed by atoms with van der Waals surface area (Å²) in [5, 5.41) is 7.41. The Kier molecular flexibility index (Phi) is 4.44. The summed E-state index contributed by atoms with van der Waals surface area (Å²) in [6.07, 6.45) is 1.39. The molecule has 1 unspecified atom stereocenters. The van der Waals surface area contributed by atoms with Crippen LogP contribution in [0.3, 0.4) is 0 Å². The molecule has 0 aliphatic carbocycles. The molecule has 0 spiro atoms. The highest BCUT2D eigenvalue weighted by Gasteiger charge is 2.17. The SMILES string of the molecule is Brc1cccc(Cc2noc(CC3COCCN3)n2)c1. The number of hydrogen-bond acceptors (Lipinski definition) is 5. The van der Waals surface area contributed by atoms with E-state index in [2.05, 4.69) is 43.5 Å². The van der Waals surface area contributed by atoms with Gasteiger partial charge < -0.3 is 14.6 Å². The van der Waals surface area contributed by atoms with Crippen LogP contribution in [-0.2, 0) is 17.6 Å². The molecule has 0 bridgehead atoms. The summed E-state index contributed by atoms with van der Waals surface area (Å²) in [6.45, 7) is 2.35. The minimum atomic E-state index is 0.267. The molecule has 1 aromatic heterocycles. The first-order valence-electron chi connectivity index (χ1n) is 6.66. The van der Waals surface area contributed by atoms with Gasteiger partial charge in [0.05, 0.1) is 13.2 Å². The van der Waals surface area contributed by atoms with E-state index in [4.69, 9.17) is 9.26 Å². The average Bonchev–Trinajstić information content (AvgIpc) is 2.87. The van der Waals surface area contributed by atoms with Crippen molar-refractivity contribution in [2.24, 2.45) is 0 Å². The van der Waals surface area contributed by atoms with Gasteiger partial charge in [0, 0.05) is 29.9 Å². The summed E-state index contributed by atoms with van der Waals surface area (Å²) in [5.41, 5.74) is 1.16. The van der Waals surface area contributed by atoms with Crippen LogP contribution in [0.1, 0.15) is 17.3 Å².